The van der Waals surface area contributed by atoms with Gasteiger partial charge in [0.1, 0.15) is 0 Å². The van der Waals surface area contributed by atoms with Crippen molar-refractivity contribution in [3.63, 3.8) is 0 Å². The number of esters is 1. The number of carbonyl (C=O) groups excluding carboxylic acids is 2. The maximum absolute atomic E-state index is 12.3. The van der Waals surface area contributed by atoms with Gasteiger partial charge < -0.3 is 19.5 Å². The van der Waals surface area contributed by atoms with Crippen molar-refractivity contribution in [2.75, 3.05) is 13.7 Å². The Kier molecular flexibility index (Phi) is 6.93. The number of hydrogen-bond acceptors (Lipinski definition) is 5. The number of hydrogen-bond donors (Lipinski definition) is 1. The summed E-state index contributed by atoms with van der Waals surface area (Å²) in [5, 5.41) is 3.15. The summed E-state index contributed by atoms with van der Waals surface area (Å²) in [6.07, 6.45) is 3.29. The maximum atomic E-state index is 12.3. The van der Waals surface area contributed by atoms with Gasteiger partial charge in [-0.1, -0.05) is 24.4 Å². The molecule has 7 heteroatoms. The standard InChI is InChI=1S/C18H24ClNO5/c1-4-24-16-14(19)9-12(10-15(16)23-3)18(22)25-11(2)17(21)20-13-7-5-6-8-13/h9-11,13H,4-8H2,1-3H3,(H,20,21)/t11-/m0/s1. The Hall–Kier alpha value is -1.95. The molecule has 0 spiro atoms. The van der Waals surface area contributed by atoms with Crippen molar-refractivity contribution < 1.29 is 23.8 Å². The zero-order valence-electron chi connectivity index (χ0n) is 14.8. The molecule has 138 valence electrons. The highest BCUT2D eigenvalue weighted by atomic mass is 35.5. The van der Waals surface area contributed by atoms with E-state index in [2.05, 4.69) is 5.32 Å². The summed E-state index contributed by atoms with van der Waals surface area (Å²) in [5.74, 6) is -0.221. The van der Waals surface area contributed by atoms with E-state index in [1.54, 1.807) is 6.92 Å². The van der Waals surface area contributed by atoms with Crippen molar-refractivity contribution in [1.82, 2.24) is 5.32 Å². The number of carbonyl (C=O) groups is 2. The van der Waals surface area contributed by atoms with Crippen LogP contribution in [0, 0.1) is 0 Å². The van der Waals surface area contributed by atoms with Crippen molar-refractivity contribution >= 4 is 23.5 Å². The average Bonchev–Trinajstić information content (AvgIpc) is 3.09. The molecule has 1 atom stereocenters. The van der Waals surface area contributed by atoms with Crippen molar-refractivity contribution in [3.05, 3.63) is 22.7 Å². The third-order valence-corrected chi connectivity index (χ3v) is 4.39. The number of amides is 1. The molecule has 6 nitrogen and oxygen atoms in total. The highest BCUT2D eigenvalue weighted by molar-refractivity contribution is 6.32. The maximum Gasteiger partial charge on any atom is 0.339 e. The lowest BCUT2D eigenvalue weighted by molar-refractivity contribution is -0.129. The Morgan fingerprint density at radius 2 is 2.00 bits per heavy atom. The van der Waals surface area contributed by atoms with E-state index in [1.807, 2.05) is 6.92 Å². The molecule has 0 aliphatic heterocycles. The molecule has 0 unspecified atom stereocenters. The number of benzene rings is 1. The number of ether oxygens (including phenoxy) is 3. The molecular weight excluding hydrogens is 346 g/mol. The fourth-order valence-electron chi connectivity index (χ4n) is 2.79. The molecule has 0 aromatic heterocycles. The van der Waals surface area contributed by atoms with Crippen LogP contribution in [0.25, 0.3) is 0 Å². The van der Waals surface area contributed by atoms with Gasteiger partial charge >= 0.3 is 5.97 Å². The second-order valence-electron chi connectivity index (χ2n) is 5.96. The van der Waals surface area contributed by atoms with Crippen LogP contribution in [0.1, 0.15) is 49.9 Å². The molecule has 25 heavy (non-hydrogen) atoms. The summed E-state index contributed by atoms with van der Waals surface area (Å²) in [6, 6.07) is 3.11. The highest BCUT2D eigenvalue weighted by Crippen LogP contribution is 2.36. The van der Waals surface area contributed by atoms with Crippen molar-refractivity contribution in [3.8, 4) is 11.5 Å². The third kappa shape index (κ3) is 5.01. The number of rotatable bonds is 7. The van der Waals surface area contributed by atoms with Gasteiger partial charge in [-0.25, -0.2) is 4.79 Å². The zero-order valence-corrected chi connectivity index (χ0v) is 15.5. The fraction of sp³-hybridized carbons (Fsp3) is 0.556. The van der Waals surface area contributed by atoms with Gasteiger partial charge in [0.2, 0.25) is 0 Å². The molecule has 2 rings (SSSR count). The molecule has 1 saturated carbocycles. The topological polar surface area (TPSA) is 73.9 Å². The van der Waals surface area contributed by atoms with E-state index in [0.29, 0.717) is 18.1 Å². The first-order valence-electron chi connectivity index (χ1n) is 8.48. The quantitative estimate of drug-likeness (QED) is 0.746. The average molecular weight is 370 g/mol. The van der Waals surface area contributed by atoms with Crippen LogP contribution in [-0.4, -0.2) is 37.7 Å². The van der Waals surface area contributed by atoms with Gasteiger partial charge in [-0.05, 0) is 38.8 Å². The molecule has 0 saturated heterocycles. The Labute approximate surface area is 152 Å². The second kappa shape index (κ2) is 8.94. The second-order valence-corrected chi connectivity index (χ2v) is 6.37. The zero-order chi connectivity index (χ0) is 18.4. The first-order valence-corrected chi connectivity index (χ1v) is 8.85. The van der Waals surface area contributed by atoms with E-state index in [1.165, 1.54) is 19.2 Å². The number of methoxy groups -OCH3 is 1. The van der Waals surface area contributed by atoms with Gasteiger partial charge in [-0.3, -0.25) is 4.79 Å². The van der Waals surface area contributed by atoms with Gasteiger partial charge in [0.25, 0.3) is 5.91 Å². The summed E-state index contributed by atoms with van der Waals surface area (Å²) in [7, 11) is 1.46. The lowest BCUT2D eigenvalue weighted by Gasteiger charge is -2.18. The van der Waals surface area contributed by atoms with Crippen LogP contribution in [0.4, 0.5) is 0 Å². The molecule has 1 aromatic carbocycles. The molecular formula is C18H24ClNO5. The van der Waals surface area contributed by atoms with Crippen LogP contribution in [0.5, 0.6) is 11.5 Å². The SMILES string of the molecule is CCOc1c(Cl)cc(C(=O)O[C@@H](C)C(=O)NC2CCCC2)cc1OC. The lowest BCUT2D eigenvalue weighted by Crippen LogP contribution is -2.40. The van der Waals surface area contributed by atoms with E-state index in [4.69, 9.17) is 25.8 Å². The van der Waals surface area contributed by atoms with Gasteiger partial charge in [0.05, 0.1) is 24.3 Å². The number of nitrogens with one attached hydrogen (secondary N) is 1. The summed E-state index contributed by atoms with van der Waals surface area (Å²) in [4.78, 5) is 24.5. The predicted molar refractivity (Wildman–Crippen MR) is 94.4 cm³/mol. The summed E-state index contributed by atoms with van der Waals surface area (Å²) >= 11 is 6.16. The largest absolute Gasteiger partial charge is 0.493 e. The first-order chi connectivity index (χ1) is 12.0. The molecule has 1 aromatic rings. The predicted octanol–water partition coefficient (Wildman–Crippen LogP) is 3.35. The smallest absolute Gasteiger partial charge is 0.339 e. The van der Waals surface area contributed by atoms with Crippen LogP contribution in [0.15, 0.2) is 12.1 Å². The molecule has 1 amide bonds. The molecule has 1 fully saturated rings. The minimum Gasteiger partial charge on any atom is -0.493 e. The molecule has 0 heterocycles. The normalized spacial score (nSPS) is 15.5. The van der Waals surface area contributed by atoms with E-state index in [-0.39, 0.29) is 22.5 Å². The Morgan fingerprint density at radius 1 is 1.32 bits per heavy atom. The van der Waals surface area contributed by atoms with E-state index < -0.39 is 12.1 Å². The van der Waals surface area contributed by atoms with Crippen molar-refractivity contribution in [2.24, 2.45) is 0 Å². The van der Waals surface area contributed by atoms with Gasteiger partial charge in [0, 0.05) is 6.04 Å². The van der Waals surface area contributed by atoms with Crippen LogP contribution in [0.2, 0.25) is 5.02 Å². The molecule has 1 aliphatic carbocycles. The van der Waals surface area contributed by atoms with Crippen molar-refractivity contribution in [2.45, 2.75) is 51.7 Å². The fourth-order valence-corrected chi connectivity index (χ4v) is 3.06. The van der Waals surface area contributed by atoms with Crippen LogP contribution < -0.4 is 14.8 Å². The first kappa shape index (κ1) is 19.4. The minimum atomic E-state index is -0.885. The monoisotopic (exact) mass is 369 g/mol. The Morgan fingerprint density at radius 3 is 2.60 bits per heavy atom. The van der Waals surface area contributed by atoms with Crippen LogP contribution in [-0.2, 0) is 9.53 Å². The van der Waals surface area contributed by atoms with E-state index in [9.17, 15) is 9.59 Å². The molecule has 1 aliphatic rings. The Bertz CT molecular complexity index is 628. The van der Waals surface area contributed by atoms with Crippen molar-refractivity contribution in [1.29, 1.82) is 0 Å². The van der Waals surface area contributed by atoms with Gasteiger partial charge in [0.15, 0.2) is 17.6 Å². The van der Waals surface area contributed by atoms with E-state index >= 15 is 0 Å². The Balaban J connectivity index is 2.04. The third-order valence-electron chi connectivity index (χ3n) is 4.11. The molecule has 0 radical (unpaired) electrons. The summed E-state index contributed by atoms with van der Waals surface area (Å²) in [5.41, 5.74) is 0.200. The van der Waals surface area contributed by atoms with E-state index in [0.717, 1.165) is 25.7 Å². The van der Waals surface area contributed by atoms with Crippen LogP contribution in [0.3, 0.4) is 0 Å². The van der Waals surface area contributed by atoms with Crippen LogP contribution >= 0.6 is 11.6 Å². The molecule has 0 bridgehead atoms. The highest BCUT2D eigenvalue weighted by Gasteiger charge is 2.24. The van der Waals surface area contributed by atoms with Gasteiger partial charge in [-0.2, -0.15) is 0 Å². The summed E-state index contributed by atoms with van der Waals surface area (Å²) in [6.45, 7) is 3.79. The lowest BCUT2D eigenvalue weighted by atomic mass is 10.2. The molecule has 1 N–H and O–H groups in total. The summed E-state index contributed by atoms with van der Waals surface area (Å²) < 4.78 is 15.9. The van der Waals surface area contributed by atoms with Gasteiger partial charge in [-0.15, -0.1) is 0 Å². The number of halogens is 1. The minimum absolute atomic E-state index is 0.175.